The standard InChI is InChI=1S/C19H17ClF3N5O2/c1-10(24)16-27-14-7-3-6-13(20)15(14)17(29)28(16)12-5-2-4-11(8-12)26-18(30)25-9-19(21,22)23/h2-8,10H,9,24H2,1H3,(H2,25,26,30). The highest BCUT2D eigenvalue weighted by molar-refractivity contribution is 6.35. The van der Waals surface area contributed by atoms with Crippen molar-refractivity contribution in [3.05, 3.63) is 63.7 Å². The average Bonchev–Trinajstić information content (AvgIpc) is 2.65. The molecule has 0 aliphatic carbocycles. The molecule has 7 nitrogen and oxygen atoms in total. The first-order chi connectivity index (χ1) is 14.1. The van der Waals surface area contributed by atoms with E-state index in [1.54, 1.807) is 36.5 Å². The molecule has 4 N–H and O–H groups in total. The number of fused-ring (bicyclic) bond motifs is 1. The van der Waals surface area contributed by atoms with Gasteiger partial charge in [-0.3, -0.25) is 9.36 Å². The Bertz CT molecular complexity index is 1160. The molecule has 0 aliphatic rings. The molecule has 158 valence electrons. The smallest absolute Gasteiger partial charge is 0.329 e. The molecule has 1 atom stereocenters. The Morgan fingerprint density at radius 3 is 2.63 bits per heavy atom. The van der Waals surface area contributed by atoms with Gasteiger partial charge in [-0.15, -0.1) is 0 Å². The molecule has 11 heteroatoms. The van der Waals surface area contributed by atoms with Gasteiger partial charge in [0.25, 0.3) is 5.56 Å². The van der Waals surface area contributed by atoms with E-state index < -0.39 is 30.4 Å². The molecule has 0 radical (unpaired) electrons. The molecule has 3 rings (SSSR count). The van der Waals surface area contributed by atoms with Crippen LogP contribution in [0.1, 0.15) is 18.8 Å². The van der Waals surface area contributed by atoms with Crippen LogP contribution in [-0.2, 0) is 0 Å². The molecule has 1 aromatic heterocycles. The van der Waals surface area contributed by atoms with Crippen LogP contribution in [0.4, 0.5) is 23.7 Å². The number of rotatable bonds is 4. The van der Waals surface area contributed by atoms with Crippen LogP contribution in [0.2, 0.25) is 5.02 Å². The van der Waals surface area contributed by atoms with E-state index in [1.807, 2.05) is 0 Å². The van der Waals surface area contributed by atoms with E-state index in [2.05, 4.69) is 10.3 Å². The zero-order chi connectivity index (χ0) is 22.1. The van der Waals surface area contributed by atoms with Gasteiger partial charge in [0.1, 0.15) is 12.4 Å². The van der Waals surface area contributed by atoms with E-state index in [4.69, 9.17) is 17.3 Å². The topological polar surface area (TPSA) is 102 Å². The molecule has 0 fully saturated rings. The normalized spacial score (nSPS) is 12.6. The van der Waals surface area contributed by atoms with Crippen molar-refractivity contribution in [2.75, 3.05) is 11.9 Å². The Morgan fingerprint density at radius 1 is 1.27 bits per heavy atom. The molecule has 0 saturated heterocycles. The Balaban J connectivity index is 2.04. The summed E-state index contributed by atoms with van der Waals surface area (Å²) < 4.78 is 38.0. The Morgan fingerprint density at radius 2 is 1.97 bits per heavy atom. The number of amides is 2. The van der Waals surface area contributed by atoms with Crippen molar-refractivity contribution in [2.45, 2.75) is 19.1 Å². The van der Waals surface area contributed by atoms with Crippen LogP contribution < -0.4 is 21.9 Å². The zero-order valence-corrected chi connectivity index (χ0v) is 16.4. The van der Waals surface area contributed by atoms with Gasteiger partial charge in [-0.2, -0.15) is 13.2 Å². The number of hydrogen-bond acceptors (Lipinski definition) is 4. The van der Waals surface area contributed by atoms with Crippen LogP contribution >= 0.6 is 11.6 Å². The lowest BCUT2D eigenvalue weighted by Gasteiger charge is -2.17. The molecule has 1 heterocycles. The van der Waals surface area contributed by atoms with Crippen LogP contribution in [0.25, 0.3) is 16.6 Å². The number of nitrogens with zero attached hydrogens (tertiary/aromatic N) is 2. The first-order valence-electron chi connectivity index (χ1n) is 8.75. The predicted molar refractivity (Wildman–Crippen MR) is 108 cm³/mol. The van der Waals surface area contributed by atoms with E-state index in [1.165, 1.54) is 22.8 Å². The molecular formula is C19H17ClF3N5O2. The van der Waals surface area contributed by atoms with Crippen LogP contribution in [0.3, 0.4) is 0 Å². The van der Waals surface area contributed by atoms with Gasteiger partial charge in [0, 0.05) is 5.69 Å². The molecule has 3 aromatic rings. The van der Waals surface area contributed by atoms with E-state index in [9.17, 15) is 22.8 Å². The number of anilines is 1. The summed E-state index contributed by atoms with van der Waals surface area (Å²) in [5.74, 6) is 0.258. The number of nitrogens with two attached hydrogens (primary N) is 1. The lowest BCUT2D eigenvalue weighted by molar-refractivity contribution is -0.122. The predicted octanol–water partition coefficient (Wildman–Crippen LogP) is 3.74. The van der Waals surface area contributed by atoms with Crippen molar-refractivity contribution < 1.29 is 18.0 Å². The van der Waals surface area contributed by atoms with E-state index >= 15 is 0 Å². The monoisotopic (exact) mass is 439 g/mol. The van der Waals surface area contributed by atoms with Crippen molar-refractivity contribution in [3.8, 4) is 5.69 Å². The van der Waals surface area contributed by atoms with Crippen LogP contribution in [0.5, 0.6) is 0 Å². The molecule has 2 amide bonds. The van der Waals surface area contributed by atoms with Crippen LogP contribution in [0, 0.1) is 0 Å². The summed E-state index contributed by atoms with van der Waals surface area (Å²) in [5, 5.41) is 4.43. The molecule has 0 saturated carbocycles. The summed E-state index contributed by atoms with van der Waals surface area (Å²) in [4.78, 5) is 29.4. The van der Waals surface area contributed by atoms with E-state index in [0.29, 0.717) is 11.2 Å². The number of nitrogens with one attached hydrogen (secondary N) is 2. The van der Waals surface area contributed by atoms with Crippen LogP contribution in [-0.4, -0.2) is 28.3 Å². The van der Waals surface area contributed by atoms with Gasteiger partial charge >= 0.3 is 12.2 Å². The molecule has 2 aromatic carbocycles. The maximum Gasteiger partial charge on any atom is 0.405 e. The van der Waals surface area contributed by atoms with Crippen molar-refractivity contribution in [3.63, 3.8) is 0 Å². The highest BCUT2D eigenvalue weighted by atomic mass is 35.5. The van der Waals surface area contributed by atoms with Gasteiger partial charge < -0.3 is 16.4 Å². The minimum Gasteiger partial charge on any atom is -0.329 e. The summed E-state index contributed by atoms with van der Waals surface area (Å²) in [5.41, 5.74) is 6.42. The second-order valence-corrected chi connectivity index (χ2v) is 6.91. The van der Waals surface area contributed by atoms with Gasteiger partial charge in [-0.25, -0.2) is 9.78 Å². The maximum absolute atomic E-state index is 13.2. The quantitative estimate of drug-likeness (QED) is 0.576. The Labute approximate surface area is 173 Å². The second-order valence-electron chi connectivity index (χ2n) is 6.51. The Kier molecular flexibility index (Phi) is 5.99. The van der Waals surface area contributed by atoms with Crippen LogP contribution in [0.15, 0.2) is 47.3 Å². The summed E-state index contributed by atoms with van der Waals surface area (Å²) in [6.07, 6.45) is -4.53. The number of aromatic nitrogens is 2. The van der Waals surface area contributed by atoms with Crippen molar-refractivity contribution in [1.82, 2.24) is 14.9 Å². The highest BCUT2D eigenvalue weighted by Crippen LogP contribution is 2.23. The van der Waals surface area contributed by atoms with Gasteiger partial charge in [0.2, 0.25) is 0 Å². The molecule has 0 spiro atoms. The first-order valence-corrected chi connectivity index (χ1v) is 9.13. The third kappa shape index (κ3) is 4.71. The number of carbonyl (C=O) groups is 1. The second kappa shape index (κ2) is 8.33. The summed E-state index contributed by atoms with van der Waals surface area (Å²) in [7, 11) is 0. The van der Waals surface area contributed by atoms with Crippen molar-refractivity contribution in [2.24, 2.45) is 5.73 Å². The molecule has 0 bridgehead atoms. The number of halogens is 4. The van der Waals surface area contributed by atoms with Gasteiger partial charge in [-0.05, 0) is 37.3 Å². The minimum absolute atomic E-state index is 0.175. The zero-order valence-electron chi connectivity index (χ0n) is 15.6. The maximum atomic E-state index is 13.2. The van der Waals surface area contributed by atoms with Crippen molar-refractivity contribution >= 4 is 34.2 Å². The lowest BCUT2D eigenvalue weighted by atomic mass is 10.2. The summed E-state index contributed by atoms with van der Waals surface area (Å²) in [6.45, 7) is 0.182. The number of urea groups is 1. The summed E-state index contributed by atoms with van der Waals surface area (Å²) >= 11 is 6.18. The fraction of sp³-hybridized carbons (Fsp3) is 0.211. The highest BCUT2D eigenvalue weighted by Gasteiger charge is 2.27. The van der Waals surface area contributed by atoms with Crippen molar-refractivity contribution in [1.29, 1.82) is 0 Å². The van der Waals surface area contributed by atoms with Gasteiger partial charge in [0.15, 0.2) is 0 Å². The first kappa shape index (κ1) is 21.6. The van der Waals surface area contributed by atoms with Gasteiger partial charge in [-0.1, -0.05) is 23.7 Å². The van der Waals surface area contributed by atoms with E-state index in [-0.39, 0.29) is 21.9 Å². The average molecular weight is 440 g/mol. The third-order valence-corrected chi connectivity index (χ3v) is 4.41. The number of alkyl halides is 3. The number of benzene rings is 2. The summed E-state index contributed by atoms with van der Waals surface area (Å²) in [6, 6.07) is 9.21. The SMILES string of the molecule is CC(N)c1nc2cccc(Cl)c2c(=O)n1-c1cccc(NC(=O)NCC(F)(F)F)c1. The molecule has 30 heavy (non-hydrogen) atoms. The minimum atomic E-state index is -4.53. The largest absolute Gasteiger partial charge is 0.405 e. The van der Waals surface area contributed by atoms with Gasteiger partial charge in [0.05, 0.1) is 27.7 Å². The fourth-order valence-electron chi connectivity index (χ4n) is 2.84. The number of hydrogen-bond donors (Lipinski definition) is 3. The fourth-order valence-corrected chi connectivity index (χ4v) is 3.09. The Hall–Kier alpha value is -3.11. The lowest BCUT2D eigenvalue weighted by Crippen LogP contribution is -2.36. The molecule has 1 unspecified atom stereocenters. The molecule has 0 aliphatic heterocycles. The third-order valence-electron chi connectivity index (χ3n) is 4.09. The van der Waals surface area contributed by atoms with E-state index in [0.717, 1.165) is 0 Å². The number of carbonyl (C=O) groups excluding carboxylic acids is 1. The molecular weight excluding hydrogens is 423 g/mol.